The average molecular weight is 874 g/mol. The highest BCUT2D eigenvalue weighted by molar-refractivity contribution is 6.41. The third-order valence-corrected chi connectivity index (χ3v) is 13.3. The number of H-pyrrole nitrogens is 2. The predicted octanol–water partition coefficient (Wildman–Crippen LogP) is 3.45. The molecule has 0 fully saturated rings. The Morgan fingerprint density at radius 3 is 1.56 bits per heavy atom. The van der Waals surface area contributed by atoms with E-state index < -0.39 is 9.87 Å². The molecular formula is C48H50Cl2N8O4. The number of aliphatic hydroxyl groups excluding tert-OH is 4. The normalized spacial score (nSPS) is 24.3. The first kappa shape index (κ1) is 41.7. The first-order valence-corrected chi connectivity index (χ1v) is 21.8. The van der Waals surface area contributed by atoms with Crippen LogP contribution in [-0.4, -0.2) is 145 Å². The van der Waals surface area contributed by atoms with E-state index in [9.17, 15) is 20.4 Å². The third kappa shape index (κ3) is 7.76. The molecule has 320 valence electrons. The van der Waals surface area contributed by atoms with E-state index in [1.807, 2.05) is 72.2 Å². The number of β-amino-alcohol motifs (C(OH)–C–C–N with tert-alkyl or cyclic N) is 4. The Hall–Kier alpha value is -5.60. The van der Waals surface area contributed by atoms with Crippen LogP contribution < -0.4 is 10.7 Å². The second kappa shape index (κ2) is 17.6. The Balaban J connectivity index is 1.31. The van der Waals surface area contributed by atoms with Gasteiger partial charge in [0.05, 0.1) is 43.5 Å². The Morgan fingerprint density at radius 2 is 1.06 bits per heavy atom. The molecule has 7 aliphatic rings. The van der Waals surface area contributed by atoms with Gasteiger partial charge in [-0.05, 0) is 101 Å². The van der Waals surface area contributed by atoms with Gasteiger partial charge >= 0.3 is 0 Å². The van der Waals surface area contributed by atoms with E-state index in [2.05, 4.69) is 79.3 Å². The summed E-state index contributed by atoms with van der Waals surface area (Å²) in [6, 6.07) is 8.15. The van der Waals surface area contributed by atoms with Crippen molar-refractivity contribution in [1.82, 2.24) is 29.6 Å². The van der Waals surface area contributed by atoms with Crippen LogP contribution in [0.5, 0.6) is 0 Å². The van der Waals surface area contributed by atoms with Crippen LogP contribution in [0.2, 0.25) is 0 Å². The molecule has 7 aliphatic heterocycles. The number of hydrogen-bond donors (Lipinski definition) is 6. The zero-order valence-corrected chi connectivity index (χ0v) is 35.8. The van der Waals surface area contributed by atoms with Gasteiger partial charge in [0.2, 0.25) is 0 Å². The van der Waals surface area contributed by atoms with E-state index in [0.29, 0.717) is 63.8 Å². The number of alkyl halides is 2. The van der Waals surface area contributed by atoms with Crippen LogP contribution in [0.1, 0.15) is 11.4 Å². The Bertz CT molecular complexity index is 2670. The topological polar surface area (TPSA) is 150 Å². The summed E-state index contributed by atoms with van der Waals surface area (Å²) in [4.78, 5) is 23.5. The number of fused-ring (bicyclic) bond motifs is 6. The fraction of sp³-hybridized carbons (Fsp3) is 0.292. The van der Waals surface area contributed by atoms with Gasteiger partial charge in [-0.2, -0.15) is 0 Å². The molecule has 12 nitrogen and oxygen atoms in total. The highest BCUT2D eigenvalue weighted by Gasteiger charge is 2.54. The Kier molecular flexibility index (Phi) is 11.9. The van der Waals surface area contributed by atoms with E-state index in [0.717, 1.165) is 66.8 Å². The predicted molar refractivity (Wildman–Crippen MR) is 247 cm³/mol. The van der Waals surface area contributed by atoms with E-state index in [4.69, 9.17) is 33.2 Å². The number of rotatable bonds is 12. The van der Waals surface area contributed by atoms with Gasteiger partial charge in [0, 0.05) is 110 Å². The van der Waals surface area contributed by atoms with Gasteiger partial charge < -0.3 is 50.0 Å². The maximum absolute atomic E-state index is 9.70. The highest BCUT2D eigenvalue weighted by atomic mass is 35.5. The van der Waals surface area contributed by atoms with Gasteiger partial charge in [0.1, 0.15) is 0 Å². The van der Waals surface area contributed by atoms with E-state index in [-0.39, 0.29) is 26.4 Å². The number of aliphatic hydroxyl groups is 4. The van der Waals surface area contributed by atoms with E-state index >= 15 is 0 Å². The summed E-state index contributed by atoms with van der Waals surface area (Å²) in [5, 5.41) is 40.4. The van der Waals surface area contributed by atoms with Gasteiger partial charge in [-0.15, -0.1) is 11.6 Å². The van der Waals surface area contributed by atoms with Crippen LogP contribution in [0, 0.1) is 0 Å². The molecule has 2 aromatic rings. The molecule has 2 atom stereocenters. The number of hydrogen-bond acceptors (Lipinski definition) is 10. The van der Waals surface area contributed by atoms with Crippen LogP contribution in [0.15, 0.2) is 160 Å². The average Bonchev–Trinajstić information content (AvgIpc) is 4.13. The minimum absolute atomic E-state index is 0.0193. The van der Waals surface area contributed by atoms with Crippen molar-refractivity contribution in [3.63, 3.8) is 0 Å². The molecule has 0 spiro atoms. The van der Waals surface area contributed by atoms with E-state index in [1.54, 1.807) is 0 Å². The molecule has 0 radical (unpaired) electrons. The zero-order chi connectivity index (χ0) is 42.8. The Labute approximate surface area is 370 Å². The quantitative estimate of drug-likeness (QED) is 0.141. The summed E-state index contributed by atoms with van der Waals surface area (Å²) >= 11 is 16.0. The summed E-state index contributed by atoms with van der Waals surface area (Å²) in [6.07, 6.45) is 32.5. The largest absolute Gasteiger partial charge is 0.395 e. The molecule has 2 aromatic heterocycles. The van der Waals surface area contributed by atoms with Crippen molar-refractivity contribution >= 4 is 51.3 Å². The molecule has 9 heterocycles. The van der Waals surface area contributed by atoms with Gasteiger partial charge in [0.15, 0.2) is 9.87 Å². The number of aromatic amines is 2. The SMILES string of the molecule is OCCN1C=CC(C2=C3C=CC(=N3)C(C3=CCN(CCO)C=C3)=c3ccc([nH]3)=C(C3=CCN(CCO)C=C3)C3=NC(Cl)(C=C3)C(Cl)(C3=CCN(CCO)C=C3)c3ccc2[nH]3)=CC1. The summed E-state index contributed by atoms with van der Waals surface area (Å²) in [5.74, 6) is 0. The Morgan fingerprint density at radius 1 is 0.548 bits per heavy atom. The van der Waals surface area contributed by atoms with Crippen LogP contribution in [-0.2, 0) is 4.87 Å². The van der Waals surface area contributed by atoms with Crippen molar-refractivity contribution in [3.8, 4) is 0 Å². The fourth-order valence-corrected chi connectivity index (χ4v) is 9.54. The molecule has 0 amide bonds. The molecule has 6 N–H and O–H groups in total. The molecule has 14 heteroatoms. The second-order valence-corrected chi connectivity index (χ2v) is 17.0. The smallest absolute Gasteiger partial charge is 0.181 e. The van der Waals surface area contributed by atoms with Crippen molar-refractivity contribution in [3.05, 3.63) is 172 Å². The molecule has 0 aliphatic carbocycles. The van der Waals surface area contributed by atoms with Gasteiger partial charge in [-0.25, -0.2) is 4.99 Å². The first-order valence-electron chi connectivity index (χ1n) is 21.0. The monoisotopic (exact) mass is 872 g/mol. The molecule has 62 heavy (non-hydrogen) atoms. The highest BCUT2D eigenvalue weighted by Crippen LogP contribution is 2.54. The summed E-state index contributed by atoms with van der Waals surface area (Å²) < 4.78 is 0. The van der Waals surface area contributed by atoms with Crippen molar-refractivity contribution in [2.24, 2.45) is 9.98 Å². The van der Waals surface area contributed by atoms with Crippen LogP contribution in [0.4, 0.5) is 0 Å². The minimum atomic E-state index is -1.50. The number of aromatic nitrogens is 2. The zero-order valence-electron chi connectivity index (χ0n) is 34.3. The maximum Gasteiger partial charge on any atom is 0.181 e. The van der Waals surface area contributed by atoms with E-state index in [1.165, 1.54) is 0 Å². The molecule has 0 aromatic carbocycles. The standard InChI is InChI=1S/C48H50Cl2N8O4/c49-47-16-7-42(54-47)46(35-12-21-57(22-13-35)27-31-61)40-4-3-38(52-40)44(33-8-17-55(18-9-33)25-29-59)37-1-2-39(51-37)45(34-10-19-56(20-11-34)26-30-60)41-5-6-43(53-41)48(47,50)36-14-23-58(24-15-36)28-32-62/h1-17,19,21,23,52-53,59-62H,18,20,22,24-32H2. The molecule has 2 unspecified atom stereocenters. The van der Waals surface area contributed by atoms with Gasteiger partial charge in [-0.1, -0.05) is 35.9 Å². The lowest BCUT2D eigenvalue weighted by atomic mass is 9.85. The minimum Gasteiger partial charge on any atom is -0.395 e. The molecule has 9 rings (SSSR count). The third-order valence-electron chi connectivity index (χ3n) is 12.0. The molecule has 0 saturated carbocycles. The van der Waals surface area contributed by atoms with Crippen molar-refractivity contribution in [1.29, 1.82) is 0 Å². The lowest BCUT2D eigenvalue weighted by molar-refractivity contribution is 0.244. The lowest BCUT2D eigenvalue weighted by Gasteiger charge is -2.39. The number of allylic oxidation sites excluding steroid dienone is 11. The summed E-state index contributed by atoms with van der Waals surface area (Å²) in [5.41, 5.74) is 9.91. The second-order valence-electron chi connectivity index (χ2n) is 15.8. The number of halogens is 2. The lowest BCUT2D eigenvalue weighted by Crippen LogP contribution is -2.43. The molecule has 8 bridgehead atoms. The van der Waals surface area contributed by atoms with Crippen molar-refractivity contribution in [2.75, 3.05) is 78.8 Å². The molecule has 0 saturated heterocycles. The van der Waals surface area contributed by atoms with Crippen LogP contribution in [0.3, 0.4) is 0 Å². The maximum atomic E-state index is 9.70. The van der Waals surface area contributed by atoms with Gasteiger partial charge in [0.25, 0.3) is 0 Å². The van der Waals surface area contributed by atoms with Gasteiger partial charge in [-0.3, -0.25) is 4.99 Å². The number of aliphatic imine (C=N–C) groups is 2. The number of nitrogens with one attached hydrogen (secondary N) is 2. The van der Waals surface area contributed by atoms with Crippen LogP contribution >= 0.6 is 23.2 Å². The summed E-state index contributed by atoms with van der Waals surface area (Å²) in [6.45, 7) is 4.58. The van der Waals surface area contributed by atoms with Crippen molar-refractivity contribution < 1.29 is 20.4 Å². The first-order chi connectivity index (χ1) is 30.2. The molecular weight excluding hydrogens is 823 g/mol. The van der Waals surface area contributed by atoms with Crippen molar-refractivity contribution in [2.45, 2.75) is 9.87 Å². The fourth-order valence-electron chi connectivity index (χ4n) is 8.82. The summed E-state index contributed by atoms with van der Waals surface area (Å²) in [7, 11) is 0. The van der Waals surface area contributed by atoms with Crippen LogP contribution in [0.25, 0.3) is 16.7 Å². The number of nitrogens with zero attached hydrogens (tertiary/aromatic N) is 6.